The van der Waals surface area contributed by atoms with E-state index in [4.69, 9.17) is 15.0 Å². The second-order valence-corrected chi connectivity index (χ2v) is 11.4. The summed E-state index contributed by atoms with van der Waals surface area (Å²) < 4.78 is 4.51. The molecular formula is C41H27N5. The van der Waals surface area contributed by atoms with Crippen LogP contribution in [0, 0.1) is 0 Å². The Labute approximate surface area is 265 Å². The molecular weight excluding hydrogens is 562 g/mol. The topological polar surface area (TPSA) is 48.0 Å². The molecule has 0 aliphatic rings. The van der Waals surface area contributed by atoms with E-state index < -0.39 is 0 Å². The van der Waals surface area contributed by atoms with Crippen LogP contribution >= 0.6 is 0 Å². The molecule has 0 spiro atoms. The number of nitrogens with zero attached hydrogens (tertiary/aromatic N) is 5. The van der Waals surface area contributed by atoms with Gasteiger partial charge in [0, 0.05) is 22.4 Å². The lowest BCUT2D eigenvalue weighted by molar-refractivity contribution is 1.11. The zero-order chi connectivity index (χ0) is 30.5. The molecule has 0 aliphatic carbocycles. The van der Waals surface area contributed by atoms with E-state index in [1.54, 1.807) is 0 Å². The Morgan fingerprint density at radius 2 is 0.935 bits per heavy atom. The van der Waals surface area contributed by atoms with Gasteiger partial charge in [0.2, 0.25) is 5.78 Å². The van der Waals surface area contributed by atoms with Gasteiger partial charge in [-0.25, -0.2) is 15.0 Å². The summed E-state index contributed by atoms with van der Waals surface area (Å²) in [7, 11) is 0. The summed E-state index contributed by atoms with van der Waals surface area (Å²) in [4.78, 5) is 15.1. The maximum Gasteiger partial charge on any atom is 0.220 e. The van der Waals surface area contributed by atoms with Crippen molar-refractivity contribution in [3.63, 3.8) is 0 Å². The van der Waals surface area contributed by atoms with Crippen LogP contribution in [0.1, 0.15) is 0 Å². The molecule has 0 amide bonds. The van der Waals surface area contributed by atoms with Crippen molar-refractivity contribution < 1.29 is 0 Å². The van der Waals surface area contributed by atoms with Crippen LogP contribution in [0.2, 0.25) is 0 Å². The molecule has 46 heavy (non-hydrogen) atoms. The molecule has 0 aliphatic heterocycles. The highest BCUT2D eigenvalue weighted by Gasteiger charge is 2.17. The van der Waals surface area contributed by atoms with Crippen molar-refractivity contribution in [1.29, 1.82) is 0 Å². The molecule has 0 radical (unpaired) electrons. The second-order valence-electron chi connectivity index (χ2n) is 11.4. The van der Waals surface area contributed by atoms with E-state index in [0.717, 1.165) is 72.7 Å². The van der Waals surface area contributed by atoms with E-state index in [1.807, 2.05) is 42.5 Å². The number of rotatable bonds is 5. The minimum absolute atomic E-state index is 0.708. The number of para-hydroxylation sites is 4. The first-order chi connectivity index (χ1) is 22.8. The van der Waals surface area contributed by atoms with E-state index in [2.05, 4.69) is 130 Å². The van der Waals surface area contributed by atoms with Crippen LogP contribution in [-0.4, -0.2) is 23.9 Å². The Balaban J connectivity index is 1.18. The summed E-state index contributed by atoms with van der Waals surface area (Å²) in [5.74, 6) is 1.61. The van der Waals surface area contributed by atoms with Crippen molar-refractivity contribution >= 4 is 27.8 Å². The summed E-state index contributed by atoms with van der Waals surface area (Å²) in [6.07, 6.45) is 0. The Hall–Kier alpha value is -6.33. The third-order valence-corrected chi connectivity index (χ3v) is 8.53. The number of hydrogen-bond donors (Lipinski definition) is 0. The minimum Gasteiger partial charge on any atom is -0.278 e. The van der Waals surface area contributed by atoms with Gasteiger partial charge in [0.05, 0.1) is 33.5 Å². The molecule has 0 atom stereocenters. The van der Waals surface area contributed by atoms with E-state index in [9.17, 15) is 0 Å². The molecule has 3 heterocycles. The van der Waals surface area contributed by atoms with Gasteiger partial charge in [-0.05, 0) is 59.7 Å². The van der Waals surface area contributed by atoms with E-state index in [-0.39, 0.29) is 0 Å². The number of benzene rings is 6. The fourth-order valence-corrected chi connectivity index (χ4v) is 6.36. The Morgan fingerprint density at radius 3 is 1.72 bits per heavy atom. The first-order valence-corrected chi connectivity index (χ1v) is 15.4. The normalized spacial score (nSPS) is 11.5. The van der Waals surface area contributed by atoms with Crippen molar-refractivity contribution in [2.75, 3.05) is 0 Å². The zero-order valence-corrected chi connectivity index (χ0v) is 24.8. The first-order valence-electron chi connectivity index (χ1n) is 15.4. The fraction of sp³-hybridized carbons (Fsp3) is 0. The van der Waals surface area contributed by atoms with Gasteiger partial charge in [0.1, 0.15) is 0 Å². The zero-order valence-electron chi connectivity index (χ0n) is 24.8. The van der Waals surface area contributed by atoms with Crippen molar-refractivity contribution in [3.8, 4) is 50.7 Å². The van der Waals surface area contributed by atoms with Crippen LogP contribution in [0.5, 0.6) is 0 Å². The lowest BCUT2D eigenvalue weighted by Crippen LogP contribution is -1.96. The first kappa shape index (κ1) is 26.1. The van der Waals surface area contributed by atoms with Crippen LogP contribution in [0.3, 0.4) is 0 Å². The molecule has 0 bridgehead atoms. The molecule has 0 saturated heterocycles. The van der Waals surface area contributed by atoms with Crippen molar-refractivity contribution in [1.82, 2.24) is 23.9 Å². The van der Waals surface area contributed by atoms with Crippen LogP contribution in [-0.2, 0) is 0 Å². The molecule has 9 aromatic rings. The summed E-state index contributed by atoms with van der Waals surface area (Å²) in [6, 6.07) is 56.7. The smallest absolute Gasteiger partial charge is 0.220 e. The highest BCUT2D eigenvalue weighted by atomic mass is 15.2. The van der Waals surface area contributed by atoms with E-state index in [1.165, 1.54) is 0 Å². The van der Waals surface area contributed by atoms with Crippen LogP contribution in [0.4, 0.5) is 0 Å². The highest BCUT2D eigenvalue weighted by molar-refractivity contribution is 5.92. The number of imidazole rings is 2. The SMILES string of the molecule is c1ccc(-c2cc(-c3cccc(-c4cccc(-n5c6ccccc6n6c7ccccc7nc56)c4)c3)nc(-c3ccccc3)n2)cc1. The summed E-state index contributed by atoms with van der Waals surface area (Å²) in [5, 5.41) is 0. The van der Waals surface area contributed by atoms with Gasteiger partial charge in [-0.3, -0.25) is 8.97 Å². The molecule has 0 fully saturated rings. The Kier molecular flexibility index (Phi) is 6.06. The molecule has 6 aromatic carbocycles. The van der Waals surface area contributed by atoms with E-state index >= 15 is 0 Å². The molecule has 0 unspecified atom stereocenters. The van der Waals surface area contributed by atoms with Gasteiger partial charge >= 0.3 is 0 Å². The monoisotopic (exact) mass is 589 g/mol. The lowest BCUT2D eigenvalue weighted by Gasteiger charge is -2.11. The third kappa shape index (κ3) is 4.37. The molecule has 0 saturated carbocycles. The fourth-order valence-electron chi connectivity index (χ4n) is 6.36. The molecule has 5 heteroatoms. The number of aromatic nitrogens is 5. The predicted octanol–water partition coefficient (Wildman–Crippen LogP) is 9.89. The minimum atomic E-state index is 0.708. The molecule has 216 valence electrons. The molecule has 5 nitrogen and oxygen atoms in total. The van der Waals surface area contributed by atoms with Gasteiger partial charge < -0.3 is 0 Å². The quantitative estimate of drug-likeness (QED) is 0.201. The molecule has 0 N–H and O–H groups in total. The molecule has 3 aromatic heterocycles. The van der Waals surface area contributed by atoms with Crippen molar-refractivity contribution in [2.24, 2.45) is 0 Å². The summed E-state index contributed by atoms with van der Waals surface area (Å²) in [5.41, 5.74) is 12.5. The largest absolute Gasteiger partial charge is 0.278 e. The van der Waals surface area contributed by atoms with Crippen LogP contribution in [0.15, 0.2) is 164 Å². The number of fused-ring (bicyclic) bond motifs is 5. The van der Waals surface area contributed by atoms with Gasteiger partial charge in [-0.15, -0.1) is 0 Å². The summed E-state index contributed by atoms with van der Waals surface area (Å²) in [6.45, 7) is 0. The highest BCUT2D eigenvalue weighted by Crippen LogP contribution is 2.33. The predicted molar refractivity (Wildman–Crippen MR) is 187 cm³/mol. The third-order valence-electron chi connectivity index (χ3n) is 8.53. The van der Waals surface area contributed by atoms with Gasteiger partial charge in [-0.1, -0.05) is 115 Å². The van der Waals surface area contributed by atoms with Gasteiger partial charge in [0.15, 0.2) is 5.82 Å². The van der Waals surface area contributed by atoms with Crippen LogP contribution < -0.4 is 0 Å². The molecule has 9 rings (SSSR count). The average molecular weight is 590 g/mol. The number of hydrogen-bond acceptors (Lipinski definition) is 3. The van der Waals surface area contributed by atoms with Crippen molar-refractivity contribution in [3.05, 3.63) is 164 Å². The van der Waals surface area contributed by atoms with Gasteiger partial charge in [0.25, 0.3) is 0 Å². The van der Waals surface area contributed by atoms with E-state index in [0.29, 0.717) is 5.82 Å². The Morgan fingerprint density at radius 1 is 0.370 bits per heavy atom. The van der Waals surface area contributed by atoms with Crippen molar-refractivity contribution in [2.45, 2.75) is 0 Å². The second kappa shape index (κ2) is 10.7. The maximum atomic E-state index is 5.06. The lowest BCUT2D eigenvalue weighted by atomic mass is 10.00. The van der Waals surface area contributed by atoms with Gasteiger partial charge in [-0.2, -0.15) is 0 Å². The maximum absolute atomic E-state index is 5.06. The summed E-state index contributed by atoms with van der Waals surface area (Å²) >= 11 is 0. The van der Waals surface area contributed by atoms with Crippen LogP contribution in [0.25, 0.3) is 78.6 Å². The Bertz CT molecular complexity index is 2470. The average Bonchev–Trinajstić information content (AvgIpc) is 3.67. The standard InChI is InChI=1S/C41H27N5/c1-3-13-28(14-4-1)35-27-36(43-40(42-35)29-15-5-2-6-16-29)32-19-11-17-30(25-32)31-18-12-20-33(26-31)45-38-23-9-10-24-39(38)46-37-22-8-7-21-34(37)44-41(45)46/h1-27H.